The van der Waals surface area contributed by atoms with Crippen molar-refractivity contribution in [3.63, 3.8) is 0 Å². The van der Waals surface area contributed by atoms with Crippen LogP contribution >= 0.6 is 0 Å². The number of carbonyl (C=O) groups excluding carboxylic acids is 1. The number of ether oxygens (including phenoxy) is 1. The Bertz CT molecular complexity index is 843. The highest BCUT2D eigenvalue weighted by Gasteiger charge is 2.27. The Morgan fingerprint density at radius 1 is 1.31 bits per heavy atom. The maximum absolute atomic E-state index is 12.5. The number of nitrogens with zero attached hydrogens (tertiary/aromatic N) is 3. The first kappa shape index (κ1) is 18.1. The van der Waals surface area contributed by atoms with Crippen molar-refractivity contribution >= 4 is 5.91 Å². The Balaban J connectivity index is 1.69. The zero-order valence-electron chi connectivity index (χ0n) is 15.3. The lowest BCUT2D eigenvalue weighted by atomic mass is 10.2. The number of pyridine rings is 1. The van der Waals surface area contributed by atoms with Crippen LogP contribution in [0.3, 0.4) is 0 Å². The largest absolute Gasteiger partial charge is 0.475 e. The molecule has 0 radical (unpaired) electrons. The van der Waals surface area contributed by atoms with E-state index in [0.717, 1.165) is 24.1 Å². The average Bonchev–Trinajstić information content (AvgIpc) is 3.45. The molecular formula is C19H24N4O3. The standard InChI is InChI=1S/C19H24N4O3/c1-12(2)26-19-15(5-4-10-20-19)11-21-18(25)13(3)23-17(24)9-8-16(22-23)14-6-7-14/h4-5,8-10,12-14H,6-7,11H2,1-3H3,(H,21,25). The molecule has 1 amide bonds. The summed E-state index contributed by atoms with van der Waals surface area (Å²) in [6, 6.07) is 6.20. The summed E-state index contributed by atoms with van der Waals surface area (Å²) in [4.78, 5) is 28.8. The van der Waals surface area contributed by atoms with Crippen LogP contribution in [0.2, 0.25) is 0 Å². The van der Waals surface area contributed by atoms with Crippen LogP contribution in [0.1, 0.15) is 56.8 Å². The molecule has 7 heteroatoms. The summed E-state index contributed by atoms with van der Waals surface area (Å²) in [6.45, 7) is 5.79. The molecule has 138 valence electrons. The van der Waals surface area contributed by atoms with Crippen molar-refractivity contribution in [1.82, 2.24) is 20.1 Å². The molecule has 1 atom stereocenters. The number of aromatic nitrogens is 3. The molecule has 1 fully saturated rings. The number of hydrogen-bond donors (Lipinski definition) is 1. The summed E-state index contributed by atoms with van der Waals surface area (Å²) >= 11 is 0. The quantitative estimate of drug-likeness (QED) is 0.822. The third kappa shape index (κ3) is 4.28. The minimum absolute atomic E-state index is 0.00813. The molecule has 1 aliphatic carbocycles. The number of rotatable bonds is 7. The van der Waals surface area contributed by atoms with Gasteiger partial charge in [0, 0.05) is 30.3 Å². The molecule has 2 aromatic heterocycles. The van der Waals surface area contributed by atoms with Crippen LogP contribution < -0.4 is 15.6 Å². The highest BCUT2D eigenvalue weighted by atomic mass is 16.5. The second-order valence-corrected chi connectivity index (χ2v) is 6.84. The molecule has 1 saturated carbocycles. The number of amides is 1. The van der Waals surface area contributed by atoms with Gasteiger partial charge in [0.05, 0.1) is 11.8 Å². The maximum Gasteiger partial charge on any atom is 0.267 e. The Kier molecular flexibility index (Phi) is 5.35. The molecule has 0 saturated heterocycles. The summed E-state index contributed by atoms with van der Waals surface area (Å²) in [7, 11) is 0. The molecule has 0 bridgehead atoms. The molecule has 26 heavy (non-hydrogen) atoms. The molecule has 2 aromatic rings. The van der Waals surface area contributed by atoms with Crippen molar-refractivity contribution in [2.45, 2.75) is 58.2 Å². The van der Waals surface area contributed by atoms with Crippen molar-refractivity contribution in [2.75, 3.05) is 0 Å². The predicted molar refractivity (Wildman–Crippen MR) is 97.0 cm³/mol. The van der Waals surface area contributed by atoms with E-state index in [9.17, 15) is 9.59 Å². The SMILES string of the molecule is CC(C)Oc1ncccc1CNC(=O)C(C)n1nc(C2CC2)ccc1=O. The summed E-state index contributed by atoms with van der Waals surface area (Å²) < 4.78 is 6.92. The Morgan fingerprint density at radius 2 is 2.08 bits per heavy atom. The van der Waals surface area contributed by atoms with E-state index in [2.05, 4.69) is 15.4 Å². The number of hydrogen-bond acceptors (Lipinski definition) is 5. The van der Waals surface area contributed by atoms with E-state index in [1.807, 2.05) is 19.9 Å². The van der Waals surface area contributed by atoms with E-state index >= 15 is 0 Å². The molecule has 0 aromatic carbocycles. The van der Waals surface area contributed by atoms with Crippen molar-refractivity contribution in [3.05, 3.63) is 52.1 Å². The molecule has 1 N–H and O–H groups in total. The fourth-order valence-corrected chi connectivity index (χ4v) is 2.64. The third-order valence-corrected chi connectivity index (χ3v) is 4.24. The van der Waals surface area contributed by atoms with E-state index in [1.165, 1.54) is 10.7 Å². The minimum atomic E-state index is -0.688. The molecule has 3 rings (SSSR count). The van der Waals surface area contributed by atoms with Gasteiger partial charge >= 0.3 is 0 Å². The zero-order chi connectivity index (χ0) is 18.7. The van der Waals surface area contributed by atoms with Gasteiger partial charge in [-0.15, -0.1) is 0 Å². The fourth-order valence-electron chi connectivity index (χ4n) is 2.64. The van der Waals surface area contributed by atoms with Crippen molar-refractivity contribution in [1.29, 1.82) is 0 Å². The Hall–Kier alpha value is -2.70. The molecule has 1 unspecified atom stereocenters. The second kappa shape index (κ2) is 7.68. The lowest BCUT2D eigenvalue weighted by molar-refractivity contribution is -0.124. The van der Waals surface area contributed by atoms with Crippen LogP contribution in [0, 0.1) is 0 Å². The molecule has 0 spiro atoms. The molecule has 2 heterocycles. The van der Waals surface area contributed by atoms with Crippen LogP contribution in [0.5, 0.6) is 5.88 Å². The average molecular weight is 356 g/mol. The summed E-state index contributed by atoms with van der Waals surface area (Å²) in [5.74, 6) is 0.650. The predicted octanol–water partition coefficient (Wildman–Crippen LogP) is 2.18. The van der Waals surface area contributed by atoms with Gasteiger partial charge in [-0.3, -0.25) is 9.59 Å². The first-order chi connectivity index (χ1) is 12.5. The van der Waals surface area contributed by atoms with Gasteiger partial charge in [-0.25, -0.2) is 9.67 Å². The fraction of sp³-hybridized carbons (Fsp3) is 0.474. The van der Waals surface area contributed by atoms with Gasteiger partial charge in [-0.05, 0) is 45.7 Å². The molecular weight excluding hydrogens is 332 g/mol. The van der Waals surface area contributed by atoms with Gasteiger partial charge in [-0.1, -0.05) is 6.07 Å². The maximum atomic E-state index is 12.5. The van der Waals surface area contributed by atoms with E-state index < -0.39 is 6.04 Å². The zero-order valence-corrected chi connectivity index (χ0v) is 15.3. The lowest BCUT2D eigenvalue weighted by Gasteiger charge is -2.16. The molecule has 1 aliphatic rings. The first-order valence-corrected chi connectivity index (χ1v) is 8.93. The van der Waals surface area contributed by atoms with Crippen LogP contribution in [-0.4, -0.2) is 26.8 Å². The first-order valence-electron chi connectivity index (χ1n) is 8.93. The van der Waals surface area contributed by atoms with Crippen LogP contribution in [0.25, 0.3) is 0 Å². The van der Waals surface area contributed by atoms with E-state index in [1.54, 1.807) is 25.3 Å². The summed E-state index contributed by atoms with van der Waals surface area (Å²) in [6.07, 6.45) is 3.82. The topological polar surface area (TPSA) is 86.1 Å². The monoisotopic (exact) mass is 356 g/mol. The Morgan fingerprint density at radius 3 is 2.77 bits per heavy atom. The number of nitrogens with one attached hydrogen (secondary N) is 1. The van der Waals surface area contributed by atoms with Crippen molar-refractivity contribution in [3.8, 4) is 5.88 Å². The van der Waals surface area contributed by atoms with Gasteiger partial charge < -0.3 is 10.1 Å². The summed E-state index contributed by atoms with van der Waals surface area (Å²) in [5.41, 5.74) is 1.39. The van der Waals surface area contributed by atoms with Gasteiger partial charge in [0.1, 0.15) is 6.04 Å². The normalized spacial score (nSPS) is 14.9. The van der Waals surface area contributed by atoms with E-state index in [4.69, 9.17) is 4.74 Å². The Labute approximate surface area is 152 Å². The third-order valence-electron chi connectivity index (χ3n) is 4.24. The van der Waals surface area contributed by atoms with Crippen LogP contribution in [0.4, 0.5) is 0 Å². The smallest absolute Gasteiger partial charge is 0.267 e. The lowest BCUT2D eigenvalue weighted by Crippen LogP contribution is -2.37. The highest BCUT2D eigenvalue weighted by molar-refractivity contribution is 5.79. The van der Waals surface area contributed by atoms with E-state index in [0.29, 0.717) is 11.8 Å². The summed E-state index contributed by atoms with van der Waals surface area (Å²) in [5, 5.41) is 7.22. The molecule has 0 aliphatic heterocycles. The van der Waals surface area contributed by atoms with Crippen molar-refractivity contribution < 1.29 is 9.53 Å². The highest BCUT2D eigenvalue weighted by Crippen LogP contribution is 2.38. The van der Waals surface area contributed by atoms with Crippen molar-refractivity contribution in [2.24, 2.45) is 0 Å². The van der Waals surface area contributed by atoms with Crippen LogP contribution in [0.15, 0.2) is 35.3 Å². The second-order valence-electron chi connectivity index (χ2n) is 6.84. The van der Waals surface area contributed by atoms with Gasteiger partial charge in [0.25, 0.3) is 5.56 Å². The van der Waals surface area contributed by atoms with E-state index in [-0.39, 0.29) is 24.1 Å². The van der Waals surface area contributed by atoms with Crippen LogP contribution in [-0.2, 0) is 11.3 Å². The minimum Gasteiger partial charge on any atom is -0.475 e. The van der Waals surface area contributed by atoms with Gasteiger partial charge in [-0.2, -0.15) is 5.10 Å². The van der Waals surface area contributed by atoms with Gasteiger partial charge in [0.2, 0.25) is 11.8 Å². The van der Waals surface area contributed by atoms with Gasteiger partial charge in [0.15, 0.2) is 0 Å². The molecule has 7 nitrogen and oxygen atoms in total. The number of carbonyl (C=O) groups is 1.